The number of nitrogens with zero attached hydrogens (tertiary/aromatic N) is 1. The third kappa shape index (κ3) is 1.87. The van der Waals surface area contributed by atoms with Crippen molar-refractivity contribution in [3.63, 3.8) is 0 Å². The molecule has 0 aliphatic carbocycles. The third-order valence-electron chi connectivity index (χ3n) is 3.64. The number of aromatic amines is 1. The second-order valence-corrected chi connectivity index (χ2v) is 5.00. The number of fused-ring (bicyclic) bond motifs is 1. The molecule has 1 aliphatic rings. The largest absolute Gasteiger partial charge is 0.346 e. The molecule has 0 radical (unpaired) electrons. The van der Waals surface area contributed by atoms with Gasteiger partial charge < -0.3 is 10.6 Å². The number of amides is 1. The van der Waals surface area contributed by atoms with E-state index in [2.05, 4.69) is 53.7 Å². The molecule has 2 heterocycles. The van der Waals surface area contributed by atoms with E-state index in [1.54, 1.807) is 0 Å². The van der Waals surface area contributed by atoms with Crippen LogP contribution in [-0.4, -0.2) is 16.1 Å². The summed E-state index contributed by atoms with van der Waals surface area (Å²) in [6, 6.07) is 4.25. The maximum absolute atomic E-state index is 12.0. The number of nitrogens with one attached hydrogen (secondary N) is 3. The summed E-state index contributed by atoms with van der Waals surface area (Å²) < 4.78 is 0. The number of hydrogen-bond acceptors (Lipinski definition) is 3. The standard InChI is InChI=1S/C14H16N4O/c1-7-4-9(3)10(5-8(7)2)12-16-13-11(6-15-18-13)14(19)17-12/h4-6,12H,1-3H3,(H,17,19)(H2,15,16,18)/t12-/m1/s1. The van der Waals surface area contributed by atoms with Crippen molar-refractivity contribution >= 4 is 11.7 Å². The second kappa shape index (κ2) is 4.12. The summed E-state index contributed by atoms with van der Waals surface area (Å²) in [5, 5.41) is 12.9. The zero-order valence-corrected chi connectivity index (χ0v) is 11.2. The van der Waals surface area contributed by atoms with Crippen molar-refractivity contribution in [1.82, 2.24) is 15.5 Å². The molecule has 2 aromatic rings. The lowest BCUT2D eigenvalue weighted by Crippen LogP contribution is -2.38. The van der Waals surface area contributed by atoms with Gasteiger partial charge in [0, 0.05) is 0 Å². The van der Waals surface area contributed by atoms with Crippen LogP contribution >= 0.6 is 0 Å². The van der Waals surface area contributed by atoms with Crippen LogP contribution in [0.2, 0.25) is 0 Å². The summed E-state index contributed by atoms with van der Waals surface area (Å²) in [7, 11) is 0. The minimum atomic E-state index is -0.222. The van der Waals surface area contributed by atoms with E-state index in [-0.39, 0.29) is 12.1 Å². The van der Waals surface area contributed by atoms with Gasteiger partial charge in [0.2, 0.25) is 0 Å². The number of carbonyl (C=O) groups is 1. The lowest BCUT2D eigenvalue weighted by Gasteiger charge is -2.27. The Morgan fingerprint density at radius 2 is 1.79 bits per heavy atom. The molecule has 0 spiro atoms. The van der Waals surface area contributed by atoms with Gasteiger partial charge in [0.15, 0.2) is 0 Å². The summed E-state index contributed by atoms with van der Waals surface area (Å²) in [6.45, 7) is 6.22. The van der Waals surface area contributed by atoms with Gasteiger partial charge in [0.05, 0.1) is 6.20 Å². The highest BCUT2D eigenvalue weighted by molar-refractivity contribution is 6.00. The number of rotatable bonds is 1. The molecule has 3 rings (SSSR count). The Kier molecular flexibility index (Phi) is 2.55. The molecule has 1 aliphatic heterocycles. The fourth-order valence-electron chi connectivity index (χ4n) is 2.41. The molecule has 0 bridgehead atoms. The van der Waals surface area contributed by atoms with E-state index in [0.717, 1.165) is 11.1 Å². The van der Waals surface area contributed by atoms with Crippen LogP contribution in [0, 0.1) is 20.8 Å². The fraction of sp³-hybridized carbons (Fsp3) is 0.286. The number of aryl methyl sites for hydroxylation is 3. The number of hydrogen-bond donors (Lipinski definition) is 3. The van der Waals surface area contributed by atoms with Crippen LogP contribution in [0.1, 0.15) is 38.8 Å². The Balaban J connectivity index is 2.01. The lowest BCUT2D eigenvalue weighted by atomic mass is 9.98. The molecule has 1 aromatic carbocycles. The van der Waals surface area contributed by atoms with Crippen LogP contribution < -0.4 is 10.6 Å². The van der Waals surface area contributed by atoms with Gasteiger partial charge in [-0.15, -0.1) is 0 Å². The summed E-state index contributed by atoms with van der Waals surface area (Å²) in [4.78, 5) is 12.0. The molecule has 3 N–H and O–H groups in total. The average molecular weight is 256 g/mol. The van der Waals surface area contributed by atoms with E-state index >= 15 is 0 Å². The number of H-pyrrole nitrogens is 1. The maximum Gasteiger partial charge on any atom is 0.258 e. The first-order valence-electron chi connectivity index (χ1n) is 6.25. The van der Waals surface area contributed by atoms with Crippen LogP contribution in [-0.2, 0) is 0 Å². The van der Waals surface area contributed by atoms with Crippen molar-refractivity contribution in [3.8, 4) is 0 Å². The Labute approximate surface area is 111 Å². The molecular weight excluding hydrogens is 240 g/mol. The van der Waals surface area contributed by atoms with Gasteiger partial charge in [-0.3, -0.25) is 9.89 Å². The van der Waals surface area contributed by atoms with Crippen molar-refractivity contribution in [3.05, 3.63) is 46.1 Å². The highest BCUT2D eigenvalue weighted by atomic mass is 16.2. The predicted molar refractivity (Wildman–Crippen MR) is 73.1 cm³/mol. The van der Waals surface area contributed by atoms with Gasteiger partial charge in [-0.1, -0.05) is 12.1 Å². The van der Waals surface area contributed by atoms with Gasteiger partial charge in [-0.25, -0.2) is 0 Å². The monoisotopic (exact) mass is 256 g/mol. The van der Waals surface area contributed by atoms with E-state index in [4.69, 9.17) is 0 Å². The quantitative estimate of drug-likeness (QED) is 0.732. The lowest BCUT2D eigenvalue weighted by molar-refractivity contribution is 0.0935. The number of benzene rings is 1. The van der Waals surface area contributed by atoms with E-state index in [0.29, 0.717) is 11.4 Å². The molecular formula is C14H16N4O. The van der Waals surface area contributed by atoms with Gasteiger partial charge in [0.1, 0.15) is 17.5 Å². The summed E-state index contributed by atoms with van der Waals surface area (Å²) in [5.41, 5.74) is 5.26. The normalized spacial score (nSPS) is 17.6. The minimum absolute atomic E-state index is 0.106. The zero-order valence-electron chi connectivity index (χ0n) is 11.2. The number of carbonyl (C=O) groups excluding carboxylic acids is 1. The smallest absolute Gasteiger partial charge is 0.258 e. The first kappa shape index (κ1) is 11.8. The van der Waals surface area contributed by atoms with Gasteiger partial charge in [0.25, 0.3) is 5.91 Å². The first-order valence-corrected chi connectivity index (χ1v) is 6.25. The van der Waals surface area contributed by atoms with Crippen LogP contribution in [0.3, 0.4) is 0 Å². The van der Waals surface area contributed by atoms with E-state index in [1.165, 1.54) is 17.3 Å². The molecule has 98 valence electrons. The number of anilines is 1. The average Bonchev–Trinajstić information content (AvgIpc) is 2.82. The van der Waals surface area contributed by atoms with Crippen LogP contribution in [0.5, 0.6) is 0 Å². The van der Waals surface area contributed by atoms with E-state index in [1.807, 2.05) is 0 Å². The van der Waals surface area contributed by atoms with Crippen LogP contribution in [0.4, 0.5) is 5.82 Å². The minimum Gasteiger partial charge on any atom is -0.346 e. The van der Waals surface area contributed by atoms with Crippen LogP contribution in [0.15, 0.2) is 18.3 Å². The van der Waals surface area contributed by atoms with Gasteiger partial charge >= 0.3 is 0 Å². The second-order valence-electron chi connectivity index (χ2n) is 5.00. The summed E-state index contributed by atoms with van der Waals surface area (Å²) in [5.74, 6) is 0.566. The molecule has 1 amide bonds. The Hall–Kier alpha value is -2.30. The van der Waals surface area contributed by atoms with Gasteiger partial charge in [-0.2, -0.15) is 5.10 Å². The molecule has 5 heteroatoms. The Morgan fingerprint density at radius 1 is 1.05 bits per heavy atom. The number of aromatic nitrogens is 2. The molecule has 0 saturated carbocycles. The van der Waals surface area contributed by atoms with Crippen molar-refractivity contribution < 1.29 is 4.79 Å². The molecule has 1 aromatic heterocycles. The molecule has 0 unspecified atom stereocenters. The van der Waals surface area contributed by atoms with Crippen LogP contribution in [0.25, 0.3) is 0 Å². The van der Waals surface area contributed by atoms with Crippen molar-refractivity contribution in [2.75, 3.05) is 5.32 Å². The molecule has 5 nitrogen and oxygen atoms in total. The Morgan fingerprint density at radius 3 is 2.58 bits per heavy atom. The highest BCUT2D eigenvalue weighted by Gasteiger charge is 2.27. The van der Waals surface area contributed by atoms with Gasteiger partial charge in [-0.05, 0) is 43.0 Å². The zero-order chi connectivity index (χ0) is 13.6. The van der Waals surface area contributed by atoms with E-state index < -0.39 is 0 Å². The predicted octanol–water partition coefficient (Wildman–Crippen LogP) is 2.19. The highest BCUT2D eigenvalue weighted by Crippen LogP contribution is 2.27. The van der Waals surface area contributed by atoms with Crippen molar-refractivity contribution in [2.24, 2.45) is 0 Å². The fourth-order valence-corrected chi connectivity index (χ4v) is 2.41. The van der Waals surface area contributed by atoms with E-state index in [9.17, 15) is 4.79 Å². The molecule has 1 atom stereocenters. The van der Waals surface area contributed by atoms with Crippen molar-refractivity contribution in [1.29, 1.82) is 0 Å². The summed E-state index contributed by atoms with van der Waals surface area (Å²) in [6.07, 6.45) is 1.31. The first-order chi connectivity index (χ1) is 9.06. The van der Waals surface area contributed by atoms with Crippen molar-refractivity contribution in [2.45, 2.75) is 26.9 Å². The molecule has 0 fully saturated rings. The SMILES string of the molecule is Cc1cc(C)c([C@H]2NC(=O)c3cn[nH]c3N2)cc1C. The molecule has 19 heavy (non-hydrogen) atoms. The third-order valence-corrected chi connectivity index (χ3v) is 3.64. The molecule has 0 saturated heterocycles. The maximum atomic E-state index is 12.0. The topological polar surface area (TPSA) is 69.8 Å². The Bertz CT molecular complexity index is 659. The summed E-state index contributed by atoms with van der Waals surface area (Å²) >= 11 is 0.